The number of carboxylic acid groups (broad SMARTS) is 2. The van der Waals surface area contributed by atoms with Gasteiger partial charge in [-0.2, -0.15) is 0 Å². The van der Waals surface area contributed by atoms with Crippen molar-refractivity contribution in [2.45, 2.75) is 0 Å². The second-order valence-electron chi connectivity index (χ2n) is 8.46. The largest absolute Gasteiger partial charge is 0.478 e. The van der Waals surface area contributed by atoms with Crippen molar-refractivity contribution < 1.29 is 81.8 Å². The molecule has 0 unspecified atom stereocenters. The molecule has 0 atom stereocenters. The van der Waals surface area contributed by atoms with Gasteiger partial charge in [-0.3, -0.25) is 0 Å². The average Bonchev–Trinajstić information content (AvgIpc) is 3.04. The molecular formula is C29H56O17. The van der Waals surface area contributed by atoms with E-state index in [2.05, 4.69) is 0 Å². The normalized spacial score (nSPS) is 11.2. The molecule has 0 radical (unpaired) electrons. The van der Waals surface area contributed by atoms with Crippen LogP contribution in [0.15, 0.2) is 12.2 Å². The SMILES string of the molecule is COCCOCCOCCOCCOCCOCCOCCOCCOCCOCCOCCOCCO.O=C(O)/C=C\C(=O)O. The second kappa shape index (κ2) is 43.2. The van der Waals surface area contributed by atoms with Crippen LogP contribution >= 0.6 is 0 Å². The highest BCUT2D eigenvalue weighted by atomic mass is 16.6. The summed E-state index contributed by atoms with van der Waals surface area (Å²) in [4.78, 5) is 19.1. The zero-order valence-electron chi connectivity index (χ0n) is 27.2. The third kappa shape index (κ3) is 49.0. The van der Waals surface area contributed by atoms with E-state index in [-0.39, 0.29) is 6.61 Å². The summed E-state index contributed by atoms with van der Waals surface area (Å²) in [7, 11) is 1.64. The lowest BCUT2D eigenvalue weighted by molar-refractivity contribution is -0.134. The number of ether oxygens (including phenoxy) is 12. The van der Waals surface area contributed by atoms with Crippen molar-refractivity contribution in [1.82, 2.24) is 0 Å². The Labute approximate surface area is 271 Å². The predicted molar refractivity (Wildman–Crippen MR) is 162 cm³/mol. The number of aliphatic hydroxyl groups excluding tert-OH is 1. The first-order valence-corrected chi connectivity index (χ1v) is 15.1. The fourth-order valence-electron chi connectivity index (χ4n) is 2.65. The summed E-state index contributed by atoms with van der Waals surface area (Å²) >= 11 is 0. The zero-order chi connectivity index (χ0) is 34.0. The topological polar surface area (TPSA) is 206 Å². The van der Waals surface area contributed by atoms with Gasteiger partial charge in [-0.1, -0.05) is 0 Å². The van der Waals surface area contributed by atoms with Gasteiger partial charge in [0, 0.05) is 19.3 Å². The van der Waals surface area contributed by atoms with Gasteiger partial charge < -0.3 is 72.2 Å². The van der Waals surface area contributed by atoms with Crippen LogP contribution in [-0.4, -0.2) is 193 Å². The molecule has 0 spiro atoms. The third-order valence-corrected chi connectivity index (χ3v) is 4.76. The fourth-order valence-corrected chi connectivity index (χ4v) is 2.65. The molecule has 0 fully saturated rings. The number of methoxy groups -OCH3 is 1. The van der Waals surface area contributed by atoms with Crippen molar-refractivity contribution in [1.29, 1.82) is 0 Å². The van der Waals surface area contributed by atoms with E-state index in [1.807, 2.05) is 0 Å². The summed E-state index contributed by atoms with van der Waals surface area (Å²) in [5.74, 6) is -2.51. The number of hydrogen-bond acceptors (Lipinski definition) is 15. The highest BCUT2D eigenvalue weighted by Gasteiger charge is 1.96. The Morgan fingerprint density at radius 1 is 0.370 bits per heavy atom. The van der Waals surface area contributed by atoms with Crippen LogP contribution in [-0.2, 0) is 66.4 Å². The van der Waals surface area contributed by atoms with Crippen LogP contribution in [0, 0.1) is 0 Å². The molecule has 0 bridgehead atoms. The van der Waals surface area contributed by atoms with Crippen molar-refractivity contribution in [3.63, 3.8) is 0 Å². The summed E-state index contributed by atoms with van der Waals surface area (Å²) in [6.45, 7) is 11.8. The molecule has 0 aliphatic carbocycles. The number of hydrogen-bond donors (Lipinski definition) is 3. The zero-order valence-corrected chi connectivity index (χ0v) is 27.2. The highest BCUT2D eigenvalue weighted by Crippen LogP contribution is 1.87. The fraction of sp³-hybridized carbons (Fsp3) is 0.862. The summed E-state index contributed by atoms with van der Waals surface area (Å²) in [5, 5.41) is 24.2. The number of aliphatic hydroxyl groups is 1. The molecule has 17 nitrogen and oxygen atoms in total. The minimum atomic E-state index is -1.26. The van der Waals surface area contributed by atoms with Gasteiger partial charge in [-0.25, -0.2) is 9.59 Å². The van der Waals surface area contributed by atoms with Crippen LogP contribution in [0.1, 0.15) is 0 Å². The molecule has 0 aliphatic rings. The van der Waals surface area contributed by atoms with Crippen LogP contribution in [0.5, 0.6) is 0 Å². The molecule has 0 aromatic carbocycles. The van der Waals surface area contributed by atoms with E-state index in [0.29, 0.717) is 164 Å². The molecule has 17 heteroatoms. The highest BCUT2D eigenvalue weighted by molar-refractivity contribution is 5.89. The van der Waals surface area contributed by atoms with E-state index in [4.69, 9.17) is 72.2 Å². The molecule has 0 aromatic rings. The Balaban J connectivity index is 0. The minimum absolute atomic E-state index is 0.0269. The van der Waals surface area contributed by atoms with E-state index in [9.17, 15) is 9.59 Å². The lowest BCUT2D eigenvalue weighted by Gasteiger charge is -2.09. The van der Waals surface area contributed by atoms with Gasteiger partial charge in [0.15, 0.2) is 0 Å². The van der Waals surface area contributed by atoms with Gasteiger partial charge in [-0.05, 0) is 0 Å². The van der Waals surface area contributed by atoms with Crippen molar-refractivity contribution in [2.75, 3.05) is 166 Å². The standard InChI is InChI=1S/C25H52O13.C4H4O4/c1-27-4-5-29-8-9-31-12-13-33-16-17-35-20-21-37-24-25-38-23-22-36-19-18-34-15-14-32-11-10-30-7-6-28-3-2-26;5-3(6)1-2-4(7)8/h26H,2-25H2,1H3;1-2H,(H,5,6)(H,7,8)/b;2-1-. The first-order valence-electron chi connectivity index (χ1n) is 15.1. The molecule has 0 aromatic heterocycles. The minimum Gasteiger partial charge on any atom is -0.478 e. The smallest absolute Gasteiger partial charge is 0.328 e. The van der Waals surface area contributed by atoms with Crippen LogP contribution in [0.4, 0.5) is 0 Å². The van der Waals surface area contributed by atoms with Gasteiger partial charge in [0.25, 0.3) is 0 Å². The number of carbonyl (C=O) groups is 2. The first-order chi connectivity index (χ1) is 22.5. The summed E-state index contributed by atoms with van der Waals surface area (Å²) < 4.78 is 64.0. The van der Waals surface area contributed by atoms with Crippen LogP contribution in [0.25, 0.3) is 0 Å². The van der Waals surface area contributed by atoms with Gasteiger partial charge in [0.1, 0.15) is 0 Å². The summed E-state index contributed by atoms with van der Waals surface area (Å²) in [5.41, 5.74) is 0. The predicted octanol–water partition coefficient (Wildman–Crippen LogP) is -0.480. The first kappa shape index (κ1) is 46.3. The summed E-state index contributed by atoms with van der Waals surface area (Å²) in [6.07, 6.45) is 1.12. The Hall–Kier alpha value is -1.84. The van der Waals surface area contributed by atoms with Crippen molar-refractivity contribution in [3.05, 3.63) is 12.2 Å². The van der Waals surface area contributed by atoms with Crippen LogP contribution in [0.3, 0.4) is 0 Å². The van der Waals surface area contributed by atoms with E-state index in [1.165, 1.54) is 0 Å². The van der Waals surface area contributed by atoms with Crippen molar-refractivity contribution >= 4 is 11.9 Å². The maximum Gasteiger partial charge on any atom is 0.328 e. The van der Waals surface area contributed by atoms with E-state index < -0.39 is 11.9 Å². The molecule has 0 amide bonds. The molecule has 0 rings (SSSR count). The Bertz CT molecular complexity index is 587. The molecule has 0 saturated carbocycles. The third-order valence-electron chi connectivity index (χ3n) is 4.76. The Morgan fingerprint density at radius 3 is 0.696 bits per heavy atom. The van der Waals surface area contributed by atoms with Gasteiger partial charge in [0.2, 0.25) is 0 Å². The molecule has 0 aliphatic heterocycles. The number of carboxylic acids is 2. The maximum atomic E-state index is 9.55. The monoisotopic (exact) mass is 676 g/mol. The molecule has 0 saturated heterocycles. The lowest BCUT2D eigenvalue weighted by Crippen LogP contribution is -2.15. The van der Waals surface area contributed by atoms with Crippen molar-refractivity contribution in [2.24, 2.45) is 0 Å². The van der Waals surface area contributed by atoms with E-state index in [1.54, 1.807) is 7.11 Å². The average molecular weight is 677 g/mol. The van der Waals surface area contributed by atoms with Gasteiger partial charge >= 0.3 is 11.9 Å². The number of rotatable bonds is 37. The van der Waals surface area contributed by atoms with Gasteiger partial charge in [0.05, 0.1) is 159 Å². The van der Waals surface area contributed by atoms with Gasteiger partial charge in [-0.15, -0.1) is 0 Å². The molecular weight excluding hydrogens is 620 g/mol. The number of aliphatic carboxylic acids is 2. The van der Waals surface area contributed by atoms with E-state index >= 15 is 0 Å². The lowest BCUT2D eigenvalue weighted by atomic mass is 10.5. The van der Waals surface area contributed by atoms with Crippen LogP contribution in [0.2, 0.25) is 0 Å². The Morgan fingerprint density at radius 2 is 0.543 bits per heavy atom. The molecule has 3 N–H and O–H groups in total. The quantitative estimate of drug-likeness (QED) is 0.0561. The summed E-state index contributed by atoms with van der Waals surface area (Å²) in [6, 6.07) is 0. The molecule has 46 heavy (non-hydrogen) atoms. The molecule has 274 valence electrons. The van der Waals surface area contributed by atoms with Crippen LogP contribution < -0.4 is 0 Å². The maximum absolute atomic E-state index is 9.55. The van der Waals surface area contributed by atoms with E-state index in [0.717, 1.165) is 0 Å². The second-order valence-corrected chi connectivity index (χ2v) is 8.46. The molecule has 0 heterocycles. The van der Waals surface area contributed by atoms with Crippen molar-refractivity contribution in [3.8, 4) is 0 Å². The Kier molecular flexibility index (Phi) is 43.4.